The number of aromatic nitrogens is 2. The first-order valence-corrected chi connectivity index (χ1v) is 6.66. The van der Waals surface area contributed by atoms with Gasteiger partial charge in [0.05, 0.1) is 18.2 Å². The van der Waals surface area contributed by atoms with Gasteiger partial charge >= 0.3 is 0 Å². The fourth-order valence-electron chi connectivity index (χ4n) is 2.61. The van der Waals surface area contributed by atoms with Crippen LogP contribution >= 0.6 is 0 Å². The quantitative estimate of drug-likeness (QED) is 0.832. The van der Waals surface area contributed by atoms with E-state index in [1.807, 2.05) is 4.57 Å². The first kappa shape index (κ1) is 13.1. The van der Waals surface area contributed by atoms with Crippen LogP contribution in [0.4, 0.5) is 0 Å². The summed E-state index contributed by atoms with van der Waals surface area (Å²) >= 11 is 0. The van der Waals surface area contributed by atoms with Crippen LogP contribution in [-0.4, -0.2) is 21.5 Å². The molecular formula is C13H22N4O. The number of primary amides is 1. The fourth-order valence-corrected chi connectivity index (χ4v) is 2.61. The number of carbonyl (C=O) groups excluding carboxylic acids is 1. The molecule has 1 atom stereocenters. The van der Waals surface area contributed by atoms with E-state index in [0.29, 0.717) is 6.04 Å². The van der Waals surface area contributed by atoms with E-state index in [-0.39, 0.29) is 11.9 Å². The molecule has 0 saturated heterocycles. The molecule has 5 nitrogen and oxygen atoms in total. The normalized spacial score (nSPS) is 18.4. The van der Waals surface area contributed by atoms with Gasteiger partial charge in [-0.15, -0.1) is 0 Å². The van der Waals surface area contributed by atoms with E-state index in [1.165, 1.54) is 12.8 Å². The van der Waals surface area contributed by atoms with Crippen molar-refractivity contribution < 1.29 is 4.79 Å². The van der Waals surface area contributed by atoms with Gasteiger partial charge in [0.15, 0.2) is 0 Å². The highest BCUT2D eigenvalue weighted by Crippen LogP contribution is 2.23. The van der Waals surface area contributed by atoms with Gasteiger partial charge in [-0.1, -0.05) is 12.8 Å². The Balaban J connectivity index is 2.18. The maximum Gasteiger partial charge on any atom is 0.240 e. The Bertz CT molecular complexity index is 407. The summed E-state index contributed by atoms with van der Waals surface area (Å²) in [5, 5.41) is 3.38. The number of carbonyl (C=O) groups is 1. The molecular weight excluding hydrogens is 228 g/mol. The number of imidazole rings is 1. The summed E-state index contributed by atoms with van der Waals surface area (Å²) in [4.78, 5) is 15.8. The van der Waals surface area contributed by atoms with Gasteiger partial charge in [-0.05, 0) is 26.7 Å². The lowest BCUT2D eigenvalue weighted by Crippen LogP contribution is -2.40. The summed E-state index contributed by atoms with van der Waals surface area (Å²) in [5.41, 5.74) is 6.40. The highest BCUT2D eigenvalue weighted by atomic mass is 16.1. The standard InChI is InChI=1S/C13H22N4O/c1-9(2)17-8-15-7-11(17)12(13(14)18)16-10-5-3-4-6-10/h7-10,12,16H,3-6H2,1-2H3,(H2,14,18). The van der Waals surface area contributed by atoms with Crippen LogP contribution < -0.4 is 11.1 Å². The Morgan fingerprint density at radius 3 is 2.72 bits per heavy atom. The molecule has 1 aliphatic carbocycles. The Kier molecular flexibility index (Phi) is 4.01. The number of amides is 1. The summed E-state index contributed by atoms with van der Waals surface area (Å²) < 4.78 is 2.00. The van der Waals surface area contributed by atoms with Gasteiger partial charge < -0.3 is 10.3 Å². The first-order valence-electron chi connectivity index (χ1n) is 6.66. The predicted octanol–water partition coefficient (Wildman–Crippen LogP) is 1.52. The lowest BCUT2D eigenvalue weighted by Gasteiger charge is -2.22. The van der Waals surface area contributed by atoms with Crippen molar-refractivity contribution in [2.75, 3.05) is 0 Å². The highest BCUT2D eigenvalue weighted by Gasteiger charge is 2.26. The molecule has 5 heteroatoms. The molecule has 1 saturated carbocycles. The monoisotopic (exact) mass is 250 g/mol. The molecule has 0 spiro atoms. The second-order valence-corrected chi connectivity index (χ2v) is 5.30. The number of hydrogen-bond donors (Lipinski definition) is 2. The lowest BCUT2D eigenvalue weighted by molar-refractivity contribution is -0.120. The van der Waals surface area contributed by atoms with Crippen molar-refractivity contribution in [1.29, 1.82) is 0 Å². The largest absolute Gasteiger partial charge is 0.368 e. The molecule has 0 bridgehead atoms. The lowest BCUT2D eigenvalue weighted by atomic mass is 10.1. The van der Waals surface area contributed by atoms with E-state index in [0.717, 1.165) is 18.5 Å². The van der Waals surface area contributed by atoms with Gasteiger partial charge in [-0.2, -0.15) is 0 Å². The molecule has 1 heterocycles. The predicted molar refractivity (Wildman–Crippen MR) is 69.9 cm³/mol. The number of nitrogens with zero attached hydrogens (tertiary/aromatic N) is 2. The van der Waals surface area contributed by atoms with Crippen LogP contribution in [-0.2, 0) is 4.79 Å². The molecule has 0 aliphatic heterocycles. The molecule has 1 aromatic heterocycles. The minimum absolute atomic E-state index is 0.273. The van der Waals surface area contributed by atoms with Crippen LogP contribution in [0.25, 0.3) is 0 Å². The molecule has 100 valence electrons. The van der Waals surface area contributed by atoms with Crippen molar-refractivity contribution in [3.63, 3.8) is 0 Å². The number of nitrogens with one attached hydrogen (secondary N) is 1. The van der Waals surface area contributed by atoms with Crippen molar-refractivity contribution in [1.82, 2.24) is 14.9 Å². The number of rotatable bonds is 5. The maximum atomic E-state index is 11.7. The topological polar surface area (TPSA) is 72.9 Å². The Morgan fingerprint density at radius 1 is 1.50 bits per heavy atom. The van der Waals surface area contributed by atoms with Gasteiger partial charge in [0, 0.05) is 12.1 Å². The zero-order valence-electron chi connectivity index (χ0n) is 11.1. The minimum atomic E-state index is -0.432. The fraction of sp³-hybridized carbons (Fsp3) is 0.692. The van der Waals surface area contributed by atoms with Crippen LogP contribution in [0.1, 0.15) is 57.3 Å². The summed E-state index contributed by atoms with van der Waals surface area (Å²) in [6, 6.07) is 0.241. The SMILES string of the molecule is CC(C)n1cncc1C(NC1CCCC1)C(N)=O. The van der Waals surface area contributed by atoms with Crippen molar-refractivity contribution in [3.05, 3.63) is 18.2 Å². The summed E-state index contributed by atoms with van der Waals surface area (Å²) in [5.74, 6) is -0.329. The second kappa shape index (κ2) is 5.52. The van der Waals surface area contributed by atoms with Crippen LogP contribution in [0.15, 0.2) is 12.5 Å². The molecule has 0 radical (unpaired) electrons. The van der Waals surface area contributed by atoms with Gasteiger partial charge in [-0.25, -0.2) is 4.98 Å². The third-order valence-corrected chi connectivity index (χ3v) is 3.59. The van der Waals surface area contributed by atoms with Crippen molar-refractivity contribution in [2.24, 2.45) is 5.73 Å². The number of hydrogen-bond acceptors (Lipinski definition) is 3. The van der Waals surface area contributed by atoms with Crippen molar-refractivity contribution >= 4 is 5.91 Å². The van der Waals surface area contributed by atoms with Crippen LogP contribution in [0.2, 0.25) is 0 Å². The average molecular weight is 250 g/mol. The summed E-state index contributed by atoms with van der Waals surface area (Å²) in [6.45, 7) is 4.14. The van der Waals surface area contributed by atoms with E-state index in [1.54, 1.807) is 12.5 Å². The molecule has 1 fully saturated rings. The first-order chi connectivity index (χ1) is 8.59. The molecule has 1 aliphatic rings. The van der Waals surface area contributed by atoms with Crippen molar-refractivity contribution in [2.45, 2.75) is 57.7 Å². The highest BCUT2D eigenvalue weighted by molar-refractivity contribution is 5.81. The van der Waals surface area contributed by atoms with E-state index in [2.05, 4.69) is 24.1 Å². The van der Waals surface area contributed by atoms with Gasteiger partial charge in [-0.3, -0.25) is 10.1 Å². The maximum absolute atomic E-state index is 11.7. The van der Waals surface area contributed by atoms with Gasteiger partial charge in [0.25, 0.3) is 0 Å². The zero-order chi connectivity index (χ0) is 13.1. The Labute approximate surface area is 108 Å². The van der Waals surface area contributed by atoms with E-state index in [4.69, 9.17) is 5.73 Å². The van der Waals surface area contributed by atoms with E-state index >= 15 is 0 Å². The van der Waals surface area contributed by atoms with Crippen molar-refractivity contribution in [3.8, 4) is 0 Å². The van der Waals surface area contributed by atoms with E-state index in [9.17, 15) is 4.79 Å². The van der Waals surface area contributed by atoms with Crippen LogP contribution in [0, 0.1) is 0 Å². The Morgan fingerprint density at radius 2 is 2.17 bits per heavy atom. The summed E-state index contributed by atoms with van der Waals surface area (Å²) in [6.07, 6.45) is 8.20. The molecule has 18 heavy (non-hydrogen) atoms. The molecule has 1 amide bonds. The van der Waals surface area contributed by atoms with Crippen LogP contribution in [0.5, 0.6) is 0 Å². The summed E-state index contributed by atoms with van der Waals surface area (Å²) in [7, 11) is 0. The number of nitrogens with two attached hydrogens (primary N) is 1. The minimum Gasteiger partial charge on any atom is -0.368 e. The second-order valence-electron chi connectivity index (χ2n) is 5.30. The third-order valence-electron chi connectivity index (χ3n) is 3.59. The van der Waals surface area contributed by atoms with Gasteiger partial charge in [0.2, 0.25) is 5.91 Å². The van der Waals surface area contributed by atoms with E-state index < -0.39 is 6.04 Å². The van der Waals surface area contributed by atoms with Crippen LogP contribution in [0.3, 0.4) is 0 Å². The molecule has 0 aromatic carbocycles. The van der Waals surface area contributed by atoms with Gasteiger partial charge in [0.1, 0.15) is 6.04 Å². The molecule has 1 unspecified atom stereocenters. The Hall–Kier alpha value is -1.36. The zero-order valence-corrected chi connectivity index (χ0v) is 11.1. The average Bonchev–Trinajstić information content (AvgIpc) is 2.96. The third kappa shape index (κ3) is 2.72. The molecule has 2 rings (SSSR count). The molecule has 1 aromatic rings. The smallest absolute Gasteiger partial charge is 0.240 e. The molecule has 3 N–H and O–H groups in total.